The molecule has 0 atom stereocenters. The van der Waals surface area contributed by atoms with Crippen molar-refractivity contribution >= 4 is 17.8 Å². The summed E-state index contributed by atoms with van der Waals surface area (Å²) in [4.78, 5) is 27.4. The maximum absolute atomic E-state index is 11.8. The Morgan fingerprint density at radius 1 is 1.18 bits per heavy atom. The summed E-state index contributed by atoms with van der Waals surface area (Å²) in [5.74, 6) is -1.30. The molecule has 0 bridgehead atoms. The molecule has 0 aliphatic carbocycles. The summed E-state index contributed by atoms with van der Waals surface area (Å²) >= 11 is 0. The van der Waals surface area contributed by atoms with Gasteiger partial charge in [-0.1, -0.05) is 29.8 Å². The van der Waals surface area contributed by atoms with Gasteiger partial charge >= 0.3 is 0 Å². The Bertz CT molecular complexity index is 488. The zero-order valence-electron chi connectivity index (χ0n) is 9.65. The first-order chi connectivity index (χ1) is 8.11. The Morgan fingerprint density at radius 2 is 1.82 bits per heavy atom. The number of carbonyl (C=O) groups is 2. The molecule has 5 nitrogen and oxygen atoms in total. The predicted octanol–water partition coefficient (Wildman–Crippen LogP) is 0.310. The molecule has 1 saturated heterocycles. The molecule has 88 valence electrons. The first-order valence-electron chi connectivity index (χ1n) is 5.27. The summed E-state index contributed by atoms with van der Waals surface area (Å²) in [6.45, 7) is 1.92. The summed E-state index contributed by atoms with van der Waals surface area (Å²) in [6.07, 6.45) is 0. The highest BCUT2D eigenvalue weighted by molar-refractivity contribution is 6.20. The lowest BCUT2D eigenvalue weighted by molar-refractivity contribution is -0.131. The normalized spacial score (nSPS) is 19.6. The Hall–Kier alpha value is -2.17. The van der Waals surface area contributed by atoms with E-state index in [2.05, 4.69) is 15.6 Å². The van der Waals surface area contributed by atoms with Crippen LogP contribution in [-0.2, 0) is 9.59 Å². The van der Waals surface area contributed by atoms with Gasteiger partial charge < -0.3 is 0 Å². The number of hydrogen-bond acceptors (Lipinski definition) is 3. The molecule has 1 aliphatic rings. The van der Waals surface area contributed by atoms with Gasteiger partial charge in [-0.3, -0.25) is 25.2 Å². The Kier molecular flexibility index (Phi) is 2.91. The minimum atomic E-state index is -0.805. The summed E-state index contributed by atoms with van der Waals surface area (Å²) in [5, 5.41) is 5.09. The van der Waals surface area contributed by atoms with E-state index in [-0.39, 0.29) is 17.8 Å². The second-order valence-electron chi connectivity index (χ2n) is 3.90. The number of aliphatic imine (C=N–C) groups is 1. The number of nitrogens with zero attached hydrogens (tertiary/aromatic N) is 1. The van der Waals surface area contributed by atoms with Crippen molar-refractivity contribution in [3.05, 3.63) is 35.4 Å². The van der Waals surface area contributed by atoms with E-state index in [0.29, 0.717) is 5.56 Å². The topological polar surface area (TPSA) is 70.6 Å². The van der Waals surface area contributed by atoms with Crippen molar-refractivity contribution in [1.82, 2.24) is 10.6 Å². The van der Waals surface area contributed by atoms with Gasteiger partial charge in [-0.2, -0.15) is 0 Å². The second-order valence-corrected chi connectivity index (χ2v) is 3.90. The molecule has 0 aromatic heterocycles. The van der Waals surface area contributed by atoms with Crippen molar-refractivity contribution in [3.63, 3.8) is 0 Å². The number of guanidine groups is 1. The van der Waals surface area contributed by atoms with Crippen LogP contribution in [0.25, 0.3) is 0 Å². The molecule has 17 heavy (non-hydrogen) atoms. The van der Waals surface area contributed by atoms with Gasteiger partial charge in [0.15, 0.2) is 0 Å². The fourth-order valence-electron chi connectivity index (χ4n) is 1.79. The zero-order valence-corrected chi connectivity index (χ0v) is 9.65. The molecule has 5 heteroatoms. The van der Waals surface area contributed by atoms with Gasteiger partial charge in [-0.05, 0) is 12.5 Å². The third-order valence-corrected chi connectivity index (χ3v) is 2.61. The average Bonchev–Trinajstić information content (AvgIpc) is 2.28. The van der Waals surface area contributed by atoms with Gasteiger partial charge in [0.2, 0.25) is 17.8 Å². The van der Waals surface area contributed by atoms with Gasteiger partial charge in [-0.15, -0.1) is 0 Å². The smallest absolute Gasteiger partial charge is 0.243 e. The van der Waals surface area contributed by atoms with Crippen LogP contribution in [0.5, 0.6) is 0 Å². The van der Waals surface area contributed by atoms with Crippen LogP contribution in [0, 0.1) is 6.92 Å². The van der Waals surface area contributed by atoms with Crippen LogP contribution in [0.2, 0.25) is 0 Å². The summed E-state index contributed by atoms with van der Waals surface area (Å²) in [5.41, 5.74) is 1.70. The van der Waals surface area contributed by atoms with Crippen molar-refractivity contribution in [1.29, 1.82) is 0 Å². The molecular weight excluding hydrogens is 218 g/mol. The molecule has 2 rings (SSSR count). The first-order valence-corrected chi connectivity index (χ1v) is 5.27. The van der Waals surface area contributed by atoms with E-state index in [1.807, 2.05) is 25.1 Å². The van der Waals surface area contributed by atoms with Gasteiger partial charge in [0.05, 0.1) is 0 Å². The largest absolute Gasteiger partial charge is 0.295 e. The van der Waals surface area contributed by atoms with Crippen LogP contribution in [0.15, 0.2) is 29.3 Å². The van der Waals surface area contributed by atoms with Crippen molar-refractivity contribution in [2.75, 3.05) is 7.05 Å². The summed E-state index contributed by atoms with van der Waals surface area (Å²) in [6, 6.07) is 7.35. The van der Waals surface area contributed by atoms with E-state index in [0.717, 1.165) is 5.56 Å². The lowest BCUT2D eigenvalue weighted by Crippen LogP contribution is -2.55. The number of nitrogens with one attached hydrogen (secondary N) is 2. The van der Waals surface area contributed by atoms with E-state index in [1.165, 1.54) is 7.05 Å². The Morgan fingerprint density at radius 3 is 2.35 bits per heavy atom. The number of carbonyl (C=O) groups excluding carboxylic acids is 2. The molecule has 0 radical (unpaired) electrons. The molecule has 0 spiro atoms. The molecule has 2 amide bonds. The Balaban J connectivity index is 2.33. The molecule has 2 N–H and O–H groups in total. The monoisotopic (exact) mass is 231 g/mol. The quantitative estimate of drug-likeness (QED) is 0.683. The van der Waals surface area contributed by atoms with Gasteiger partial charge in [-0.25, -0.2) is 0 Å². The van der Waals surface area contributed by atoms with Crippen LogP contribution in [-0.4, -0.2) is 24.8 Å². The molecule has 1 aromatic carbocycles. The Labute approximate surface area is 98.9 Å². The third-order valence-electron chi connectivity index (χ3n) is 2.61. The van der Waals surface area contributed by atoms with E-state index < -0.39 is 5.92 Å². The maximum Gasteiger partial charge on any atom is 0.243 e. The van der Waals surface area contributed by atoms with Crippen LogP contribution >= 0.6 is 0 Å². The highest BCUT2D eigenvalue weighted by Gasteiger charge is 2.34. The molecule has 1 heterocycles. The molecule has 1 fully saturated rings. The number of rotatable bonds is 1. The lowest BCUT2D eigenvalue weighted by Gasteiger charge is -2.23. The number of hydrogen-bond donors (Lipinski definition) is 2. The number of aryl methyl sites for hydroxylation is 1. The standard InChI is InChI=1S/C12H13N3O2/c1-7-4-3-5-8(6-7)9-10(16)14-12(13-2)15-11(9)17/h3-6,9H,1-2H3,(H2,13,14,15,16,17). The SMILES string of the molecule is CN=C1NC(=O)C(c2cccc(C)c2)C(=O)N1. The minimum absolute atomic E-state index is 0.198. The fourth-order valence-corrected chi connectivity index (χ4v) is 1.79. The van der Waals surface area contributed by atoms with Gasteiger partial charge in [0.1, 0.15) is 5.92 Å². The minimum Gasteiger partial charge on any atom is -0.295 e. The van der Waals surface area contributed by atoms with Crippen LogP contribution in [0.4, 0.5) is 0 Å². The zero-order chi connectivity index (χ0) is 12.4. The number of benzene rings is 1. The highest BCUT2D eigenvalue weighted by atomic mass is 16.2. The van der Waals surface area contributed by atoms with Crippen LogP contribution < -0.4 is 10.6 Å². The average molecular weight is 231 g/mol. The molecular formula is C12H13N3O2. The van der Waals surface area contributed by atoms with Crippen molar-refractivity contribution in [3.8, 4) is 0 Å². The van der Waals surface area contributed by atoms with Crippen LogP contribution in [0.1, 0.15) is 17.0 Å². The van der Waals surface area contributed by atoms with E-state index in [1.54, 1.807) is 6.07 Å². The van der Waals surface area contributed by atoms with Gasteiger partial charge in [0, 0.05) is 7.05 Å². The fraction of sp³-hybridized carbons (Fsp3) is 0.250. The first kappa shape index (κ1) is 11.3. The van der Waals surface area contributed by atoms with E-state index in [4.69, 9.17) is 0 Å². The lowest BCUT2D eigenvalue weighted by atomic mass is 9.95. The molecule has 0 unspecified atom stereocenters. The van der Waals surface area contributed by atoms with E-state index >= 15 is 0 Å². The third kappa shape index (κ3) is 2.18. The van der Waals surface area contributed by atoms with Gasteiger partial charge in [0.25, 0.3) is 0 Å². The summed E-state index contributed by atoms with van der Waals surface area (Å²) < 4.78 is 0. The summed E-state index contributed by atoms with van der Waals surface area (Å²) in [7, 11) is 1.50. The van der Waals surface area contributed by atoms with Crippen molar-refractivity contribution in [2.24, 2.45) is 4.99 Å². The van der Waals surface area contributed by atoms with E-state index in [9.17, 15) is 9.59 Å². The number of amides is 2. The second kappa shape index (κ2) is 4.37. The highest BCUT2D eigenvalue weighted by Crippen LogP contribution is 2.19. The molecule has 0 saturated carbocycles. The predicted molar refractivity (Wildman–Crippen MR) is 63.6 cm³/mol. The van der Waals surface area contributed by atoms with Crippen LogP contribution in [0.3, 0.4) is 0 Å². The van der Waals surface area contributed by atoms with Crippen molar-refractivity contribution in [2.45, 2.75) is 12.8 Å². The molecule has 1 aromatic rings. The van der Waals surface area contributed by atoms with Crippen molar-refractivity contribution < 1.29 is 9.59 Å². The maximum atomic E-state index is 11.8. The molecule has 1 aliphatic heterocycles.